The fourth-order valence-corrected chi connectivity index (χ4v) is 5.76. The second kappa shape index (κ2) is 13.1. The lowest BCUT2D eigenvalue weighted by atomic mass is 9.85. The second-order valence-corrected chi connectivity index (χ2v) is 16.9. The highest BCUT2D eigenvalue weighted by Gasteiger charge is 2.40. The Balaban J connectivity index is 1.63. The van der Waals surface area contributed by atoms with Crippen molar-refractivity contribution in [3.63, 3.8) is 0 Å². The second-order valence-electron chi connectivity index (χ2n) is 12.2. The van der Waals surface area contributed by atoms with Crippen LogP contribution in [-0.4, -0.2) is 42.1 Å². The third kappa shape index (κ3) is 7.21. The third-order valence-electron chi connectivity index (χ3n) is 8.19. The molecule has 2 atom stereocenters. The predicted octanol–water partition coefficient (Wildman–Crippen LogP) is 7.25. The van der Waals surface area contributed by atoms with Gasteiger partial charge in [-0.05, 0) is 71.9 Å². The summed E-state index contributed by atoms with van der Waals surface area (Å²) in [5.41, 5.74) is 2.10. The molecule has 1 fully saturated rings. The van der Waals surface area contributed by atoms with Gasteiger partial charge in [0.15, 0.2) is 17.2 Å². The number of hydrogen-bond acceptors (Lipinski definition) is 7. The lowest BCUT2D eigenvalue weighted by Crippen LogP contribution is -2.43. The highest BCUT2D eigenvalue weighted by molar-refractivity contribution is 6.74. The smallest absolute Gasteiger partial charge is 0.309 e. The van der Waals surface area contributed by atoms with Gasteiger partial charge in [-0.3, -0.25) is 4.79 Å². The number of benzene rings is 3. The van der Waals surface area contributed by atoms with E-state index in [2.05, 4.69) is 33.9 Å². The number of ether oxygens (including phenoxy) is 5. The van der Waals surface area contributed by atoms with Crippen molar-refractivity contribution in [3.05, 3.63) is 77.4 Å². The first kappa shape index (κ1) is 23.9. The van der Waals surface area contributed by atoms with Gasteiger partial charge in [0, 0.05) is 5.92 Å². The summed E-state index contributed by atoms with van der Waals surface area (Å²) in [7, 11) is -6.29. The monoisotopic (exact) mass is 598 g/mol. The molecular weight excluding hydrogens is 548 g/mol. The Labute approximate surface area is 259 Å². The molecule has 0 saturated carbocycles. The van der Waals surface area contributed by atoms with Crippen LogP contribution >= 0.6 is 0 Å². The first-order valence-electron chi connectivity index (χ1n) is 17.0. The molecule has 8 heteroatoms. The van der Waals surface area contributed by atoms with Gasteiger partial charge in [0.25, 0.3) is 8.32 Å². The minimum Gasteiger partial charge on any atom is -0.541 e. The van der Waals surface area contributed by atoms with Gasteiger partial charge in [0.2, 0.25) is 5.75 Å². The summed E-state index contributed by atoms with van der Waals surface area (Å²) in [5.74, 6) is -0.623. The van der Waals surface area contributed by atoms with E-state index in [1.165, 1.54) is 12.1 Å². The molecule has 0 aromatic heterocycles. The lowest BCUT2D eigenvalue weighted by molar-refractivity contribution is -0.141. The zero-order valence-corrected chi connectivity index (χ0v) is 26.1. The molecule has 1 heterocycles. The van der Waals surface area contributed by atoms with E-state index in [-0.39, 0.29) is 47.8 Å². The molecule has 3 aromatic carbocycles. The van der Waals surface area contributed by atoms with Crippen molar-refractivity contribution in [3.8, 4) is 28.7 Å². The van der Waals surface area contributed by atoms with Gasteiger partial charge in [0.1, 0.15) is 12.4 Å². The van der Waals surface area contributed by atoms with Crippen LogP contribution in [0.1, 0.15) is 45.7 Å². The molecule has 0 bridgehead atoms. The first-order chi connectivity index (χ1) is 22.2. The molecule has 0 amide bonds. The predicted molar refractivity (Wildman–Crippen MR) is 166 cm³/mol. The normalized spacial score (nSPS) is 19.7. The van der Waals surface area contributed by atoms with E-state index in [1.54, 1.807) is 19.2 Å². The van der Waals surface area contributed by atoms with Crippen LogP contribution in [0.15, 0.2) is 60.7 Å². The maximum absolute atomic E-state index is 13.0. The number of carbonyl (C=O) groups excluding carboxylic acids is 1. The average molecular weight is 599 g/mol. The number of methoxy groups -OCH3 is 3. The van der Waals surface area contributed by atoms with Gasteiger partial charge in [-0.15, -0.1) is 0 Å². The van der Waals surface area contributed by atoms with Gasteiger partial charge in [-0.1, -0.05) is 57.2 Å². The van der Waals surface area contributed by atoms with E-state index >= 15 is 0 Å². The number of esters is 1. The molecule has 42 heavy (non-hydrogen) atoms. The van der Waals surface area contributed by atoms with E-state index in [0.29, 0.717) is 23.5 Å². The number of rotatable bonds is 12. The van der Waals surface area contributed by atoms with Gasteiger partial charge in [0.05, 0.1) is 41.9 Å². The van der Waals surface area contributed by atoms with Crippen LogP contribution in [0.25, 0.3) is 0 Å². The van der Waals surface area contributed by atoms with E-state index in [9.17, 15) is 4.79 Å². The molecule has 7 nitrogen and oxygen atoms in total. The average Bonchev–Trinajstić information content (AvgIpc) is 3.29. The Hall–Kier alpha value is -3.65. The van der Waals surface area contributed by atoms with Crippen molar-refractivity contribution in [2.24, 2.45) is 11.8 Å². The molecule has 4 rings (SSSR count). The van der Waals surface area contributed by atoms with Crippen molar-refractivity contribution >= 4 is 14.3 Å². The van der Waals surface area contributed by atoms with E-state index < -0.39 is 34.3 Å². The van der Waals surface area contributed by atoms with E-state index in [4.69, 9.17) is 36.3 Å². The summed E-state index contributed by atoms with van der Waals surface area (Å²) in [4.78, 5) is 13.0. The van der Waals surface area contributed by atoms with Gasteiger partial charge in [-0.25, -0.2) is 0 Å². The molecule has 0 N–H and O–H groups in total. The summed E-state index contributed by atoms with van der Waals surface area (Å²) < 4.78 is 80.6. The van der Waals surface area contributed by atoms with Crippen molar-refractivity contribution in [1.82, 2.24) is 0 Å². The highest BCUT2D eigenvalue weighted by atomic mass is 28.4. The van der Waals surface area contributed by atoms with Crippen LogP contribution in [0, 0.1) is 11.8 Å². The number of cyclic esters (lactones) is 1. The summed E-state index contributed by atoms with van der Waals surface area (Å²) in [6.45, 7) is 11.0. The summed E-state index contributed by atoms with van der Waals surface area (Å²) in [6, 6.07) is 17.7. The van der Waals surface area contributed by atoms with Crippen LogP contribution in [0.4, 0.5) is 0 Å². The molecule has 1 saturated heterocycles. The topological polar surface area (TPSA) is 72.5 Å². The fraction of sp³-hybridized carbons (Fsp3) is 0.441. The molecule has 226 valence electrons. The molecule has 2 unspecified atom stereocenters. The summed E-state index contributed by atoms with van der Waals surface area (Å²) >= 11 is 0. The minimum absolute atomic E-state index is 0.000461. The molecule has 0 aliphatic carbocycles. The van der Waals surface area contributed by atoms with Crippen LogP contribution in [-0.2, 0) is 29.0 Å². The highest BCUT2D eigenvalue weighted by Crippen LogP contribution is 2.42. The first-order valence-corrected chi connectivity index (χ1v) is 16.9. The van der Waals surface area contributed by atoms with E-state index in [1.807, 2.05) is 36.4 Å². The van der Waals surface area contributed by atoms with Crippen molar-refractivity contribution in [2.75, 3.05) is 27.8 Å². The Morgan fingerprint density at radius 1 is 0.857 bits per heavy atom. The lowest BCUT2D eigenvalue weighted by Gasteiger charge is -2.36. The van der Waals surface area contributed by atoms with E-state index in [0.717, 1.165) is 11.1 Å². The zero-order valence-electron chi connectivity index (χ0n) is 31.1. The molecule has 0 radical (unpaired) electrons. The Morgan fingerprint density at radius 3 is 2.14 bits per heavy atom. The van der Waals surface area contributed by atoms with Gasteiger partial charge < -0.3 is 28.1 Å². The minimum atomic E-state index is -2.88. The fourth-order valence-electron chi connectivity index (χ4n) is 4.74. The third-order valence-corrected chi connectivity index (χ3v) is 12.5. The Morgan fingerprint density at radius 2 is 1.52 bits per heavy atom. The van der Waals surface area contributed by atoms with Gasteiger partial charge in [-0.2, -0.15) is 0 Å². The van der Waals surface area contributed by atoms with Crippen molar-refractivity contribution in [1.29, 1.82) is 0 Å². The molecule has 0 spiro atoms. The van der Waals surface area contributed by atoms with Gasteiger partial charge >= 0.3 is 5.97 Å². The number of carbonyl (C=O) groups is 1. The Bertz CT molecular complexity index is 1530. The van der Waals surface area contributed by atoms with Crippen LogP contribution in [0.5, 0.6) is 28.7 Å². The zero-order chi connectivity index (χ0) is 35.5. The summed E-state index contributed by atoms with van der Waals surface area (Å²) in [6.07, 6.45) is 0.601. The Kier molecular flexibility index (Phi) is 7.45. The molecule has 1 aliphatic rings. The SMILES string of the molecule is [2H]C([2H])([2H])Oc1cc(CC2C(=O)OCC2Cc2ccc(O[Si](C)(C)C(C)(C)C)c(OC)c2)cc(OC([2H])([2H])[2H])c1OCc1ccccc1. The van der Waals surface area contributed by atoms with Crippen LogP contribution in [0.3, 0.4) is 0 Å². The maximum atomic E-state index is 13.0. The molecular formula is C34H44O7Si. The maximum Gasteiger partial charge on any atom is 0.309 e. The summed E-state index contributed by atoms with van der Waals surface area (Å²) in [5, 5.41) is 0.000461. The molecule has 3 aromatic rings. The van der Waals surface area contributed by atoms with Crippen molar-refractivity contribution in [2.45, 2.75) is 58.4 Å². The quantitative estimate of drug-likeness (QED) is 0.161. The largest absolute Gasteiger partial charge is 0.541 e. The van der Waals surface area contributed by atoms with Crippen molar-refractivity contribution < 1.29 is 41.1 Å². The standard InChI is InChI=1S/C34H44O7Si/c1-34(2,3)42(7,8)41-28-15-14-24(18-29(28)36-4)16-26-22-40-33(35)27(26)17-25-19-30(37-5)32(31(20-25)38-6)39-21-23-12-10-9-11-13-23/h9-15,18-20,26-27H,16-17,21-22H2,1-8H3/i5D3,6D3. The van der Waals surface area contributed by atoms with Crippen LogP contribution < -0.4 is 23.4 Å². The number of hydrogen-bond donors (Lipinski definition) is 0. The van der Waals surface area contributed by atoms with Crippen LogP contribution in [0.2, 0.25) is 18.1 Å². The molecule has 1 aliphatic heterocycles.